The molecule has 2 aromatic rings. The van der Waals surface area contributed by atoms with Crippen molar-refractivity contribution in [3.8, 4) is 11.5 Å². The molecule has 1 saturated heterocycles. The Kier molecular flexibility index (Phi) is 7.14. The number of anilines is 1. The molecular formula is C28H36BF2NO6S. The molecule has 1 unspecified atom stereocenters. The Morgan fingerprint density at radius 1 is 0.974 bits per heavy atom. The number of allylic oxidation sites excluding steroid dienone is 1. The standard InChI is InChI=1S/C28H36BF2NO6S/c1-17(2)12-13-28(31)35-23-15-20(29-37-26(6,7)27(8,9)38-29)22(16-24(23)36-28)32-39(33,34)18-10-11-19(21(30)14-18)25(3,4)5/h10-17,32H,1-9H3/b13-12+. The summed E-state index contributed by atoms with van der Waals surface area (Å²) in [5.74, 6) is -0.556. The molecule has 0 bridgehead atoms. The second kappa shape index (κ2) is 9.49. The van der Waals surface area contributed by atoms with E-state index in [-0.39, 0.29) is 33.5 Å². The fraction of sp³-hybridized carbons (Fsp3) is 0.500. The molecule has 2 heterocycles. The van der Waals surface area contributed by atoms with E-state index in [0.29, 0.717) is 5.56 Å². The van der Waals surface area contributed by atoms with E-state index >= 15 is 4.39 Å². The summed E-state index contributed by atoms with van der Waals surface area (Å²) in [5, 5.41) is 0. The number of ether oxygens (including phenoxy) is 2. The van der Waals surface area contributed by atoms with Crippen LogP contribution in [0.1, 0.15) is 67.9 Å². The fourth-order valence-electron chi connectivity index (χ4n) is 4.16. The largest absolute Gasteiger partial charge is 0.497 e. The number of hydrogen-bond acceptors (Lipinski definition) is 6. The van der Waals surface area contributed by atoms with Crippen LogP contribution < -0.4 is 19.7 Å². The summed E-state index contributed by atoms with van der Waals surface area (Å²) in [7, 11) is -5.29. The summed E-state index contributed by atoms with van der Waals surface area (Å²) in [6.07, 6.45) is 2.76. The SMILES string of the molecule is CC(C)/C=C/C1(F)Oc2cc(NS(=O)(=O)c3ccc(C(C)(C)C)c(F)c3)c(B3OC(C)(C)C(C)(C)O3)cc2O1. The van der Waals surface area contributed by atoms with Gasteiger partial charge in [-0.2, -0.15) is 4.39 Å². The van der Waals surface area contributed by atoms with Crippen molar-refractivity contribution in [1.82, 2.24) is 0 Å². The van der Waals surface area contributed by atoms with Gasteiger partial charge in [0.1, 0.15) is 5.82 Å². The van der Waals surface area contributed by atoms with Crippen LogP contribution in [0.4, 0.5) is 14.5 Å². The second-order valence-electron chi connectivity index (χ2n) is 12.4. The fourth-order valence-corrected chi connectivity index (χ4v) is 5.25. The van der Waals surface area contributed by atoms with Gasteiger partial charge in [0, 0.05) is 17.6 Å². The number of sulfonamides is 1. The van der Waals surface area contributed by atoms with Crippen molar-refractivity contribution in [2.24, 2.45) is 5.92 Å². The van der Waals surface area contributed by atoms with Gasteiger partial charge in [0.15, 0.2) is 11.5 Å². The lowest BCUT2D eigenvalue weighted by Gasteiger charge is -2.32. The third-order valence-corrected chi connectivity index (χ3v) is 8.47. The predicted molar refractivity (Wildman–Crippen MR) is 147 cm³/mol. The molecule has 2 aliphatic heterocycles. The van der Waals surface area contributed by atoms with E-state index in [2.05, 4.69) is 4.72 Å². The highest BCUT2D eigenvalue weighted by atomic mass is 32.2. The highest BCUT2D eigenvalue weighted by molar-refractivity contribution is 7.92. The van der Waals surface area contributed by atoms with Crippen molar-refractivity contribution in [3.05, 3.63) is 53.9 Å². The Bertz CT molecular complexity index is 1400. The van der Waals surface area contributed by atoms with E-state index in [1.807, 2.05) is 62.3 Å². The van der Waals surface area contributed by atoms with E-state index in [1.54, 1.807) is 6.08 Å². The number of rotatable bonds is 6. The van der Waals surface area contributed by atoms with E-state index in [9.17, 15) is 12.8 Å². The molecule has 39 heavy (non-hydrogen) atoms. The minimum absolute atomic E-state index is 0.0156. The summed E-state index contributed by atoms with van der Waals surface area (Å²) in [6, 6.07) is 3.96. The molecule has 1 fully saturated rings. The van der Waals surface area contributed by atoms with Crippen molar-refractivity contribution < 1.29 is 36.0 Å². The summed E-state index contributed by atoms with van der Waals surface area (Å²) < 4.78 is 82.8. The first-order valence-corrected chi connectivity index (χ1v) is 14.3. The molecule has 1 N–H and O–H groups in total. The summed E-state index contributed by atoms with van der Waals surface area (Å²) in [4.78, 5) is -0.273. The Morgan fingerprint density at radius 3 is 2.05 bits per heavy atom. The number of benzene rings is 2. The van der Waals surface area contributed by atoms with Crippen LogP contribution in [0.5, 0.6) is 11.5 Å². The first kappa shape index (κ1) is 29.4. The molecule has 0 aliphatic carbocycles. The zero-order valence-corrected chi connectivity index (χ0v) is 24.6. The zero-order chi connectivity index (χ0) is 29.2. The van der Waals surface area contributed by atoms with Crippen molar-refractivity contribution >= 4 is 28.3 Å². The van der Waals surface area contributed by atoms with Gasteiger partial charge < -0.3 is 18.8 Å². The van der Waals surface area contributed by atoms with Crippen LogP contribution in [0, 0.1) is 11.7 Å². The van der Waals surface area contributed by atoms with Gasteiger partial charge in [0.05, 0.1) is 21.8 Å². The van der Waals surface area contributed by atoms with Crippen LogP contribution >= 0.6 is 0 Å². The topological polar surface area (TPSA) is 83.1 Å². The van der Waals surface area contributed by atoms with Crippen molar-refractivity contribution in [3.63, 3.8) is 0 Å². The Hall–Kier alpha value is -2.63. The van der Waals surface area contributed by atoms with Crippen LogP contribution in [0.2, 0.25) is 0 Å². The van der Waals surface area contributed by atoms with Gasteiger partial charge in [-0.05, 0) is 62.8 Å². The maximum Gasteiger partial charge on any atom is 0.497 e. The highest BCUT2D eigenvalue weighted by Gasteiger charge is 2.53. The molecule has 2 aliphatic rings. The van der Waals surface area contributed by atoms with E-state index in [0.717, 1.165) is 12.1 Å². The molecule has 1 atom stereocenters. The number of hydrogen-bond donors (Lipinski definition) is 1. The molecule has 0 amide bonds. The van der Waals surface area contributed by atoms with E-state index in [1.165, 1.54) is 24.3 Å². The molecular weight excluding hydrogens is 527 g/mol. The summed E-state index contributed by atoms with van der Waals surface area (Å²) in [5.41, 5.74) is -1.32. The summed E-state index contributed by atoms with van der Waals surface area (Å²) >= 11 is 0. The van der Waals surface area contributed by atoms with Gasteiger partial charge in [-0.3, -0.25) is 4.72 Å². The van der Waals surface area contributed by atoms with Crippen molar-refractivity contribution in [2.75, 3.05) is 4.72 Å². The number of nitrogens with one attached hydrogen (secondary N) is 1. The minimum atomic E-state index is -4.28. The Labute approximate surface area is 230 Å². The molecule has 11 heteroatoms. The quantitative estimate of drug-likeness (QED) is 0.352. The lowest BCUT2D eigenvalue weighted by Crippen LogP contribution is -2.41. The highest BCUT2D eigenvalue weighted by Crippen LogP contribution is 2.44. The van der Waals surface area contributed by atoms with Gasteiger partial charge in [-0.1, -0.05) is 46.8 Å². The smallest absolute Gasteiger partial charge is 0.419 e. The normalized spacial score (nSPS) is 22.2. The zero-order valence-electron chi connectivity index (χ0n) is 23.8. The molecule has 0 spiro atoms. The van der Waals surface area contributed by atoms with Gasteiger partial charge >= 0.3 is 13.2 Å². The van der Waals surface area contributed by atoms with E-state index in [4.69, 9.17) is 18.8 Å². The number of alkyl halides is 1. The molecule has 2 aromatic carbocycles. The Balaban J connectivity index is 1.76. The van der Waals surface area contributed by atoms with Crippen molar-refractivity contribution in [1.29, 1.82) is 0 Å². The van der Waals surface area contributed by atoms with Crippen LogP contribution in [0.25, 0.3) is 0 Å². The van der Waals surface area contributed by atoms with Gasteiger partial charge in [-0.15, -0.1) is 0 Å². The molecule has 0 radical (unpaired) electrons. The van der Waals surface area contributed by atoms with Crippen LogP contribution in [0.3, 0.4) is 0 Å². The van der Waals surface area contributed by atoms with Gasteiger partial charge in [-0.25, -0.2) is 12.8 Å². The molecule has 4 rings (SSSR count). The first-order valence-electron chi connectivity index (χ1n) is 12.9. The van der Waals surface area contributed by atoms with Crippen molar-refractivity contribution in [2.45, 2.75) is 89.9 Å². The molecule has 7 nitrogen and oxygen atoms in total. The Morgan fingerprint density at radius 2 is 1.54 bits per heavy atom. The van der Waals surface area contributed by atoms with Crippen LogP contribution in [-0.4, -0.2) is 32.8 Å². The first-order chi connectivity index (χ1) is 17.7. The third kappa shape index (κ3) is 5.81. The van der Waals surface area contributed by atoms with Gasteiger partial charge in [0.25, 0.3) is 10.0 Å². The maximum absolute atomic E-state index is 15.4. The lowest BCUT2D eigenvalue weighted by atomic mass is 9.77. The van der Waals surface area contributed by atoms with E-state index < -0.39 is 45.6 Å². The second-order valence-corrected chi connectivity index (χ2v) is 14.0. The van der Waals surface area contributed by atoms with Crippen LogP contribution in [0.15, 0.2) is 47.4 Å². The minimum Gasteiger partial charge on any atom is -0.419 e. The average molecular weight is 563 g/mol. The average Bonchev–Trinajstić information content (AvgIpc) is 3.21. The lowest BCUT2D eigenvalue weighted by molar-refractivity contribution is -0.146. The summed E-state index contributed by atoms with van der Waals surface area (Å²) in [6.45, 7) is 16.7. The number of halogens is 2. The molecule has 0 aromatic heterocycles. The third-order valence-electron chi connectivity index (χ3n) is 7.10. The molecule has 212 valence electrons. The predicted octanol–water partition coefficient (Wildman–Crippen LogP) is 5.83. The molecule has 0 saturated carbocycles. The van der Waals surface area contributed by atoms with Gasteiger partial charge in [0.2, 0.25) is 0 Å². The van der Waals surface area contributed by atoms with Crippen LogP contribution in [-0.2, 0) is 24.7 Å². The number of fused-ring (bicyclic) bond motifs is 1. The monoisotopic (exact) mass is 563 g/mol. The maximum atomic E-state index is 15.4.